The molecular weight excluding hydrogens is 424 g/mol. The summed E-state index contributed by atoms with van der Waals surface area (Å²) < 4.78 is 37.2. The minimum absolute atomic E-state index is 0.0256. The zero-order valence-electron chi connectivity index (χ0n) is 17.4. The van der Waals surface area contributed by atoms with Crippen LogP contribution in [0.5, 0.6) is 0 Å². The number of amides is 2. The summed E-state index contributed by atoms with van der Waals surface area (Å²) >= 11 is 0. The van der Waals surface area contributed by atoms with Gasteiger partial charge in [-0.2, -0.15) is 5.10 Å². The number of nitrogens with zero attached hydrogens (tertiary/aromatic N) is 4. The van der Waals surface area contributed by atoms with Crippen molar-refractivity contribution in [3.63, 3.8) is 0 Å². The van der Waals surface area contributed by atoms with Gasteiger partial charge in [-0.3, -0.25) is 4.79 Å². The van der Waals surface area contributed by atoms with Gasteiger partial charge in [0.25, 0.3) is 5.91 Å². The number of ether oxygens (including phenoxy) is 1. The van der Waals surface area contributed by atoms with Crippen LogP contribution in [0.15, 0.2) is 24.4 Å². The molecule has 1 fully saturated rings. The molecule has 0 aliphatic carbocycles. The van der Waals surface area contributed by atoms with E-state index in [4.69, 9.17) is 4.74 Å². The van der Waals surface area contributed by atoms with Crippen LogP contribution in [-0.4, -0.2) is 69.5 Å². The highest BCUT2D eigenvalue weighted by Gasteiger charge is 2.29. The summed E-state index contributed by atoms with van der Waals surface area (Å²) in [5.41, 5.74) is 1.05. The number of aryl methyl sites for hydroxylation is 1. The number of hydrogen-bond donors (Lipinski definition) is 2. The summed E-state index contributed by atoms with van der Waals surface area (Å²) in [6, 6.07) is 3.62. The van der Waals surface area contributed by atoms with E-state index < -0.39 is 29.7 Å². The molecule has 1 saturated heterocycles. The van der Waals surface area contributed by atoms with E-state index >= 15 is 8.78 Å². The predicted octanol–water partition coefficient (Wildman–Crippen LogP) is 2.26. The molecule has 0 saturated carbocycles. The van der Waals surface area contributed by atoms with Gasteiger partial charge in [-0.1, -0.05) is 0 Å². The summed E-state index contributed by atoms with van der Waals surface area (Å²) in [5, 5.41) is 15.9. The van der Waals surface area contributed by atoms with Crippen LogP contribution >= 0.6 is 0 Å². The van der Waals surface area contributed by atoms with Crippen molar-refractivity contribution in [3.05, 3.63) is 52.9 Å². The number of carboxylic acid groups (broad SMARTS) is 1. The van der Waals surface area contributed by atoms with Crippen LogP contribution in [0.4, 0.5) is 13.6 Å². The van der Waals surface area contributed by atoms with Crippen LogP contribution < -0.4 is 5.32 Å². The lowest BCUT2D eigenvalue weighted by Crippen LogP contribution is -2.45. The molecule has 4 rings (SSSR count). The highest BCUT2D eigenvalue weighted by Crippen LogP contribution is 2.31. The van der Waals surface area contributed by atoms with Gasteiger partial charge in [0.2, 0.25) is 0 Å². The van der Waals surface area contributed by atoms with Crippen molar-refractivity contribution in [1.82, 2.24) is 24.8 Å². The second-order valence-corrected chi connectivity index (χ2v) is 7.53. The molecule has 1 aromatic carbocycles. The van der Waals surface area contributed by atoms with Crippen LogP contribution in [0.1, 0.15) is 21.6 Å². The van der Waals surface area contributed by atoms with E-state index in [1.54, 1.807) is 12.3 Å². The average Bonchev–Trinajstić information content (AvgIpc) is 3.09. The molecule has 32 heavy (non-hydrogen) atoms. The summed E-state index contributed by atoms with van der Waals surface area (Å²) in [4.78, 5) is 28.8. The zero-order chi connectivity index (χ0) is 23.0. The standard InChI is InChI=1S/C21H21F2N5O4/c1-11-5-17-26-19(18-14(22)6-12(7-15(18)23)20(29)24-2)16(28(17)25-9-11)8-13-10-27(21(30)31)3-4-32-13/h5-7,9,13H,3-4,8,10H2,1-2H3,(H,24,29)(H,30,31)/t13-/m0/s1. The fourth-order valence-corrected chi connectivity index (χ4v) is 3.77. The van der Waals surface area contributed by atoms with Crippen molar-refractivity contribution in [2.45, 2.75) is 19.4 Å². The van der Waals surface area contributed by atoms with Crippen molar-refractivity contribution in [1.29, 1.82) is 0 Å². The number of halogens is 2. The fourth-order valence-electron chi connectivity index (χ4n) is 3.77. The number of fused-ring (bicyclic) bond motifs is 1. The van der Waals surface area contributed by atoms with Gasteiger partial charge in [0.15, 0.2) is 5.65 Å². The van der Waals surface area contributed by atoms with E-state index in [-0.39, 0.29) is 42.9 Å². The molecule has 0 radical (unpaired) electrons. The number of carbonyl (C=O) groups excluding carboxylic acids is 1. The third-order valence-corrected chi connectivity index (χ3v) is 5.30. The van der Waals surface area contributed by atoms with Crippen LogP contribution in [0.25, 0.3) is 16.9 Å². The van der Waals surface area contributed by atoms with Gasteiger partial charge in [0.1, 0.15) is 17.3 Å². The first-order valence-corrected chi connectivity index (χ1v) is 9.93. The number of nitrogens with one attached hydrogen (secondary N) is 1. The fraction of sp³-hybridized carbons (Fsp3) is 0.333. The monoisotopic (exact) mass is 445 g/mol. The van der Waals surface area contributed by atoms with Crippen molar-refractivity contribution < 1.29 is 28.2 Å². The number of benzene rings is 1. The number of hydrogen-bond acceptors (Lipinski definition) is 5. The minimum Gasteiger partial charge on any atom is -0.465 e. The Morgan fingerprint density at radius 3 is 2.66 bits per heavy atom. The first-order valence-electron chi connectivity index (χ1n) is 9.93. The number of aromatic nitrogens is 3. The Morgan fingerprint density at radius 1 is 1.28 bits per heavy atom. The average molecular weight is 445 g/mol. The summed E-state index contributed by atoms with van der Waals surface area (Å²) in [7, 11) is 1.37. The van der Waals surface area contributed by atoms with Gasteiger partial charge in [-0.05, 0) is 30.7 Å². The molecule has 0 unspecified atom stereocenters. The van der Waals surface area contributed by atoms with Crippen molar-refractivity contribution in [3.8, 4) is 11.3 Å². The van der Waals surface area contributed by atoms with Crippen molar-refractivity contribution >= 4 is 17.6 Å². The third kappa shape index (κ3) is 3.98. The van der Waals surface area contributed by atoms with Crippen LogP contribution in [0, 0.1) is 18.6 Å². The molecule has 0 spiro atoms. The maximum Gasteiger partial charge on any atom is 0.407 e. The molecule has 1 aliphatic heterocycles. The van der Waals surface area contributed by atoms with Gasteiger partial charge in [0.05, 0.1) is 36.7 Å². The van der Waals surface area contributed by atoms with Gasteiger partial charge in [0, 0.05) is 25.6 Å². The smallest absolute Gasteiger partial charge is 0.407 e. The molecule has 9 nitrogen and oxygen atoms in total. The van der Waals surface area contributed by atoms with E-state index in [0.29, 0.717) is 11.3 Å². The molecule has 2 amide bonds. The Kier molecular flexibility index (Phi) is 5.74. The van der Waals surface area contributed by atoms with Gasteiger partial charge >= 0.3 is 6.09 Å². The third-order valence-electron chi connectivity index (χ3n) is 5.30. The first-order chi connectivity index (χ1) is 15.3. The zero-order valence-corrected chi connectivity index (χ0v) is 17.4. The molecule has 3 aromatic rings. The van der Waals surface area contributed by atoms with Crippen LogP contribution in [0.2, 0.25) is 0 Å². The Hall–Kier alpha value is -3.60. The highest BCUT2D eigenvalue weighted by molar-refractivity contribution is 5.94. The van der Waals surface area contributed by atoms with E-state index in [9.17, 15) is 14.7 Å². The molecule has 168 valence electrons. The molecule has 1 aliphatic rings. The number of imidazole rings is 1. The van der Waals surface area contributed by atoms with E-state index in [0.717, 1.165) is 17.7 Å². The largest absolute Gasteiger partial charge is 0.465 e. The van der Waals surface area contributed by atoms with Crippen LogP contribution in [-0.2, 0) is 11.2 Å². The molecule has 11 heteroatoms. The van der Waals surface area contributed by atoms with Gasteiger partial charge in [-0.25, -0.2) is 23.1 Å². The predicted molar refractivity (Wildman–Crippen MR) is 110 cm³/mol. The van der Waals surface area contributed by atoms with E-state index in [2.05, 4.69) is 15.4 Å². The topological polar surface area (TPSA) is 109 Å². The number of carbonyl (C=O) groups is 2. The van der Waals surface area contributed by atoms with Gasteiger partial charge < -0.3 is 20.1 Å². The maximum absolute atomic E-state index is 15.0. The summed E-state index contributed by atoms with van der Waals surface area (Å²) in [6.45, 7) is 2.37. The maximum atomic E-state index is 15.0. The molecular formula is C21H21F2N5O4. The number of morpholine rings is 1. The Bertz CT molecular complexity index is 1190. The normalized spacial score (nSPS) is 16.4. The van der Waals surface area contributed by atoms with Crippen LogP contribution in [0.3, 0.4) is 0 Å². The first kappa shape index (κ1) is 21.6. The lowest BCUT2D eigenvalue weighted by Gasteiger charge is -2.31. The minimum atomic E-state index is -1.06. The molecule has 2 aromatic heterocycles. The molecule has 0 bridgehead atoms. The molecule has 3 heterocycles. The lowest BCUT2D eigenvalue weighted by molar-refractivity contribution is -0.0215. The summed E-state index contributed by atoms with van der Waals surface area (Å²) in [6.07, 6.45) is 0.117. The van der Waals surface area contributed by atoms with E-state index in [1.165, 1.54) is 16.5 Å². The second kappa shape index (κ2) is 8.50. The summed E-state index contributed by atoms with van der Waals surface area (Å²) in [5.74, 6) is -2.50. The Labute approximate surface area is 181 Å². The Balaban J connectivity index is 1.82. The van der Waals surface area contributed by atoms with Crippen molar-refractivity contribution in [2.75, 3.05) is 26.7 Å². The highest BCUT2D eigenvalue weighted by atomic mass is 19.1. The quantitative estimate of drug-likeness (QED) is 0.638. The van der Waals surface area contributed by atoms with Gasteiger partial charge in [-0.15, -0.1) is 0 Å². The van der Waals surface area contributed by atoms with E-state index in [1.807, 2.05) is 6.92 Å². The molecule has 2 N–H and O–H groups in total. The lowest BCUT2D eigenvalue weighted by atomic mass is 10.0. The molecule has 1 atom stereocenters. The SMILES string of the molecule is CNC(=O)c1cc(F)c(-c2nc3cc(C)cnn3c2C[C@H]2CN(C(=O)O)CCO2)c(F)c1. The van der Waals surface area contributed by atoms with Crippen molar-refractivity contribution in [2.24, 2.45) is 0 Å². The Morgan fingerprint density at radius 2 is 2.00 bits per heavy atom. The number of rotatable bonds is 4. The second-order valence-electron chi connectivity index (χ2n) is 7.53.